The average Bonchev–Trinajstić information content (AvgIpc) is 2.85. The first-order valence-electron chi connectivity index (χ1n) is 5.60. The highest BCUT2D eigenvalue weighted by Gasteiger charge is 2.08. The summed E-state index contributed by atoms with van der Waals surface area (Å²) in [4.78, 5) is 0. The summed E-state index contributed by atoms with van der Waals surface area (Å²) in [6.07, 6.45) is 2.36. The van der Waals surface area contributed by atoms with E-state index in [0.717, 1.165) is 12.2 Å². The molecule has 1 heterocycles. The number of nitrogens with one attached hydrogen (secondary N) is 1. The predicted molar refractivity (Wildman–Crippen MR) is 68.3 cm³/mol. The molecule has 0 fully saturated rings. The van der Waals surface area contributed by atoms with Crippen LogP contribution in [0.4, 0.5) is 15.8 Å². The predicted octanol–water partition coefficient (Wildman–Crippen LogP) is 2.66. The number of rotatable bonds is 5. The number of methoxy groups -OCH3 is 1. The van der Waals surface area contributed by atoms with Gasteiger partial charge in [0.2, 0.25) is 0 Å². The molecule has 3 N–H and O–H groups in total. The molecule has 0 aliphatic carbocycles. The van der Waals surface area contributed by atoms with Gasteiger partial charge in [-0.1, -0.05) is 0 Å². The molecule has 0 unspecified atom stereocenters. The molecular weight excluding hydrogens is 235 g/mol. The van der Waals surface area contributed by atoms with Crippen LogP contribution in [0.25, 0.3) is 0 Å². The van der Waals surface area contributed by atoms with Crippen LogP contribution in [0, 0.1) is 5.82 Å². The van der Waals surface area contributed by atoms with Crippen LogP contribution in [-0.2, 0) is 6.42 Å². The van der Waals surface area contributed by atoms with E-state index in [4.69, 9.17) is 14.9 Å². The van der Waals surface area contributed by atoms with Crippen LogP contribution >= 0.6 is 0 Å². The van der Waals surface area contributed by atoms with Crippen molar-refractivity contribution < 1.29 is 13.5 Å². The minimum absolute atomic E-state index is 0.171. The zero-order valence-corrected chi connectivity index (χ0v) is 10.1. The Labute approximate surface area is 105 Å². The molecular formula is C13H15FN2O2. The number of nitrogen functional groups attached to an aromatic ring is 1. The van der Waals surface area contributed by atoms with Crippen molar-refractivity contribution in [2.24, 2.45) is 0 Å². The van der Waals surface area contributed by atoms with Gasteiger partial charge in [0.25, 0.3) is 0 Å². The molecule has 1 aromatic heterocycles. The van der Waals surface area contributed by atoms with Crippen molar-refractivity contribution >= 4 is 11.4 Å². The lowest BCUT2D eigenvalue weighted by atomic mass is 10.2. The van der Waals surface area contributed by atoms with Crippen molar-refractivity contribution in [1.82, 2.24) is 0 Å². The molecule has 0 bridgehead atoms. The summed E-state index contributed by atoms with van der Waals surface area (Å²) < 4.78 is 23.4. The number of ether oxygens (including phenoxy) is 1. The second kappa shape index (κ2) is 5.44. The molecule has 0 saturated heterocycles. The van der Waals surface area contributed by atoms with Crippen LogP contribution < -0.4 is 15.8 Å². The van der Waals surface area contributed by atoms with Crippen LogP contribution in [0.15, 0.2) is 34.9 Å². The highest BCUT2D eigenvalue weighted by molar-refractivity contribution is 5.68. The number of anilines is 2. The molecule has 0 aliphatic heterocycles. The van der Waals surface area contributed by atoms with Crippen LogP contribution in [0.3, 0.4) is 0 Å². The third-order valence-electron chi connectivity index (χ3n) is 2.59. The summed E-state index contributed by atoms with van der Waals surface area (Å²) >= 11 is 0. The Morgan fingerprint density at radius 3 is 2.94 bits per heavy atom. The molecule has 2 rings (SSSR count). The Balaban J connectivity index is 2.00. The molecule has 1 aromatic carbocycles. The molecule has 96 valence electrons. The van der Waals surface area contributed by atoms with E-state index in [1.807, 2.05) is 12.1 Å². The maximum absolute atomic E-state index is 13.3. The highest BCUT2D eigenvalue weighted by atomic mass is 19.1. The smallest absolute Gasteiger partial charge is 0.167 e. The molecule has 0 amide bonds. The molecule has 2 aromatic rings. The lowest BCUT2D eigenvalue weighted by Crippen LogP contribution is -2.07. The van der Waals surface area contributed by atoms with Crippen LogP contribution in [-0.4, -0.2) is 13.7 Å². The van der Waals surface area contributed by atoms with Gasteiger partial charge in [0.1, 0.15) is 5.76 Å². The zero-order chi connectivity index (χ0) is 13.0. The second-order valence-electron chi connectivity index (χ2n) is 3.83. The zero-order valence-electron chi connectivity index (χ0n) is 10.1. The Morgan fingerprint density at radius 1 is 1.44 bits per heavy atom. The van der Waals surface area contributed by atoms with E-state index in [1.54, 1.807) is 12.3 Å². The molecule has 18 heavy (non-hydrogen) atoms. The SMILES string of the molecule is COc1cc(NCCc2ccco2)c(N)cc1F. The Morgan fingerprint density at radius 2 is 2.28 bits per heavy atom. The van der Waals surface area contributed by atoms with Crippen molar-refractivity contribution in [3.8, 4) is 5.75 Å². The van der Waals surface area contributed by atoms with Gasteiger partial charge in [-0.3, -0.25) is 0 Å². The van der Waals surface area contributed by atoms with Crippen molar-refractivity contribution in [2.45, 2.75) is 6.42 Å². The van der Waals surface area contributed by atoms with Gasteiger partial charge in [0, 0.05) is 25.1 Å². The summed E-state index contributed by atoms with van der Waals surface area (Å²) in [7, 11) is 1.42. The third kappa shape index (κ3) is 2.74. The van der Waals surface area contributed by atoms with Gasteiger partial charge < -0.3 is 20.2 Å². The average molecular weight is 250 g/mol. The number of halogens is 1. The van der Waals surface area contributed by atoms with E-state index in [2.05, 4.69) is 5.32 Å². The minimum atomic E-state index is -0.466. The van der Waals surface area contributed by atoms with Crippen molar-refractivity contribution in [1.29, 1.82) is 0 Å². The molecule has 0 radical (unpaired) electrons. The van der Waals surface area contributed by atoms with Gasteiger partial charge in [-0.25, -0.2) is 4.39 Å². The van der Waals surface area contributed by atoms with E-state index in [1.165, 1.54) is 13.2 Å². The lowest BCUT2D eigenvalue weighted by molar-refractivity contribution is 0.387. The third-order valence-corrected chi connectivity index (χ3v) is 2.59. The maximum atomic E-state index is 13.3. The summed E-state index contributed by atoms with van der Waals surface area (Å²) in [5.41, 5.74) is 6.73. The highest BCUT2D eigenvalue weighted by Crippen LogP contribution is 2.27. The van der Waals surface area contributed by atoms with Gasteiger partial charge in [-0.05, 0) is 12.1 Å². The summed E-state index contributed by atoms with van der Waals surface area (Å²) in [5.74, 6) is 0.589. The van der Waals surface area contributed by atoms with Crippen molar-refractivity contribution in [3.63, 3.8) is 0 Å². The fraction of sp³-hybridized carbons (Fsp3) is 0.231. The number of nitrogens with two attached hydrogens (primary N) is 1. The minimum Gasteiger partial charge on any atom is -0.494 e. The van der Waals surface area contributed by atoms with Crippen LogP contribution in [0.2, 0.25) is 0 Å². The van der Waals surface area contributed by atoms with Crippen LogP contribution in [0.5, 0.6) is 5.75 Å². The van der Waals surface area contributed by atoms with Gasteiger partial charge in [0.05, 0.1) is 24.7 Å². The first-order valence-corrected chi connectivity index (χ1v) is 5.60. The monoisotopic (exact) mass is 250 g/mol. The quantitative estimate of drug-likeness (QED) is 0.801. The molecule has 4 nitrogen and oxygen atoms in total. The molecule has 0 saturated carbocycles. The number of hydrogen-bond acceptors (Lipinski definition) is 4. The van der Waals surface area contributed by atoms with E-state index < -0.39 is 5.82 Å². The Hall–Kier alpha value is -2.17. The van der Waals surface area contributed by atoms with Gasteiger partial charge in [-0.2, -0.15) is 0 Å². The standard InChI is InChI=1S/C13H15FN2O2/c1-17-13-8-12(11(15)7-10(13)14)16-5-4-9-3-2-6-18-9/h2-3,6-8,16H,4-5,15H2,1H3. The topological polar surface area (TPSA) is 60.4 Å². The lowest BCUT2D eigenvalue weighted by Gasteiger charge is -2.11. The Kier molecular flexibility index (Phi) is 3.72. The normalized spacial score (nSPS) is 10.3. The van der Waals surface area contributed by atoms with Gasteiger partial charge in [-0.15, -0.1) is 0 Å². The van der Waals surface area contributed by atoms with Crippen molar-refractivity contribution in [2.75, 3.05) is 24.7 Å². The Bertz CT molecular complexity index is 512. The largest absolute Gasteiger partial charge is 0.494 e. The van der Waals surface area contributed by atoms with Crippen LogP contribution in [0.1, 0.15) is 5.76 Å². The van der Waals surface area contributed by atoms with E-state index >= 15 is 0 Å². The second-order valence-corrected chi connectivity index (χ2v) is 3.83. The fourth-order valence-corrected chi connectivity index (χ4v) is 1.65. The van der Waals surface area contributed by atoms with E-state index in [-0.39, 0.29) is 5.75 Å². The first kappa shape index (κ1) is 12.3. The maximum Gasteiger partial charge on any atom is 0.167 e. The first-order chi connectivity index (χ1) is 8.70. The number of benzene rings is 1. The molecule has 5 heteroatoms. The summed E-state index contributed by atoms with van der Waals surface area (Å²) in [5, 5.41) is 3.12. The fourth-order valence-electron chi connectivity index (χ4n) is 1.65. The molecule has 0 spiro atoms. The molecule has 0 atom stereocenters. The summed E-state index contributed by atoms with van der Waals surface area (Å²) in [6.45, 7) is 0.645. The summed E-state index contributed by atoms with van der Waals surface area (Å²) in [6, 6.07) is 6.53. The van der Waals surface area contributed by atoms with Crippen molar-refractivity contribution in [3.05, 3.63) is 42.1 Å². The number of hydrogen-bond donors (Lipinski definition) is 2. The van der Waals surface area contributed by atoms with E-state index in [9.17, 15) is 4.39 Å². The van der Waals surface area contributed by atoms with Gasteiger partial charge in [0.15, 0.2) is 11.6 Å². The van der Waals surface area contributed by atoms with Gasteiger partial charge >= 0.3 is 0 Å². The van der Waals surface area contributed by atoms with E-state index in [0.29, 0.717) is 17.9 Å². The molecule has 0 aliphatic rings. The number of furan rings is 1.